The fourth-order valence-corrected chi connectivity index (χ4v) is 5.45. The molecule has 4 rings (SSSR count). The Morgan fingerprint density at radius 3 is 2.58 bits per heavy atom. The van der Waals surface area contributed by atoms with Gasteiger partial charge in [-0.05, 0) is 49.6 Å². The second-order valence-corrected chi connectivity index (χ2v) is 9.87. The van der Waals surface area contributed by atoms with Crippen molar-refractivity contribution in [3.8, 4) is 0 Å². The minimum atomic E-state index is -3.93. The van der Waals surface area contributed by atoms with E-state index in [9.17, 15) is 22.4 Å². The average molecular weight is 477 g/mol. The SMILES string of the molecule is CC(OC(=O)c1cc(S(=O)(=O)N2CCOCC2)ccc1F)C(=O)N1CCCc2ccccc21. The second kappa shape index (κ2) is 9.58. The van der Waals surface area contributed by atoms with Gasteiger partial charge in [-0.1, -0.05) is 18.2 Å². The molecule has 0 aliphatic carbocycles. The lowest BCUT2D eigenvalue weighted by Gasteiger charge is -2.31. The Kier molecular flexibility index (Phi) is 6.78. The number of para-hydroxylation sites is 1. The summed E-state index contributed by atoms with van der Waals surface area (Å²) in [6.07, 6.45) is 0.450. The van der Waals surface area contributed by atoms with E-state index < -0.39 is 39.4 Å². The lowest BCUT2D eigenvalue weighted by molar-refractivity contribution is -0.126. The summed E-state index contributed by atoms with van der Waals surface area (Å²) in [5.41, 5.74) is 1.26. The van der Waals surface area contributed by atoms with Crippen molar-refractivity contribution in [2.45, 2.75) is 30.8 Å². The van der Waals surface area contributed by atoms with Crippen LogP contribution in [-0.4, -0.2) is 63.6 Å². The van der Waals surface area contributed by atoms with Crippen molar-refractivity contribution >= 4 is 27.6 Å². The van der Waals surface area contributed by atoms with Gasteiger partial charge in [0.15, 0.2) is 6.10 Å². The van der Waals surface area contributed by atoms with Crippen LogP contribution >= 0.6 is 0 Å². The molecule has 1 amide bonds. The number of esters is 1. The number of halogens is 1. The van der Waals surface area contributed by atoms with Crippen LogP contribution < -0.4 is 4.90 Å². The zero-order valence-electron chi connectivity index (χ0n) is 18.2. The van der Waals surface area contributed by atoms with Gasteiger partial charge >= 0.3 is 5.97 Å². The number of carbonyl (C=O) groups is 2. The average Bonchev–Trinajstić information content (AvgIpc) is 2.83. The van der Waals surface area contributed by atoms with Crippen LogP contribution in [0.1, 0.15) is 29.3 Å². The van der Waals surface area contributed by atoms with Gasteiger partial charge in [-0.15, -0.1) is 0 Å². The molecule has 1 atom stereocenters. The summed E-state index contributed by atoms with van der Waals surface area (Å²) in [5.74, 6) is -2.45. The molecule has 33 heavy (non-hydrogen) atoms. The number of anilines is 1. The quantitative estimate of drug-likeness (QED) is 0.616. The molecule has 0 N–H and O–H groups in total. The standard InChI is InChI=1S/C23H25FN2O6S/c1-16(22(27)26-10-4-6-17-5-2-3-7-21(17)26)32-23(28)19-15-18(8-9-20(19)24)33(29,30)25-11-13-31-14-12-25/h2-3,5,7-9,15-16H,4,6,10-14H2,1H3. The zero-order valence-corrected chi connectivity index (χ0v) is 19.0. The Morgan fingerprint density at radius 2 is 1.82 bits per heavy atom. The summed E-state index contributed by atoms with van der Waals surface area (Å²) in [4.78, 5) is 27.0. The number of aryl methyl sites for hydroxylation is 1. The minimum Gasteiger partial charge on any atom is -0.449 e. The molecule has 1 unspecified atom stereocenters. The van der Waals surface area contributed by atoms with E-state index in [4.69, 9.17) is 9.47 Å². The van der Waals surface area contributed by atoms with Crippen molar-refractivity contribution < 1.29 is 31.9 Å². The van der Waals surface area contributed by atoms with Gasteiger partial charge in [0.2, 0.25) is 10.0 Å². The van der Waals surface area contributed by atoms with E-state index >= 15 is 0 Å². The van der Waals surface area contributed by atoms with E-state index in [-0.39, 0.29) is 31.2 Å². The van der Waals surface area contributed by atoms with Crippen molar-refractivity contribution in [2.75, 3.05) is 37.7 Å². The van der Waals surface area contributed by atoms with Crippen molar-refractivity contribution in [1.82, 2.24) is 4.31 Å². The zero-order chi connectivity index (χ0) is 23.6. The monoisotopic (exact) mass is 476 g/mol. The number of sulfonamides is 1. The largest absolute Gasteiger partial charge is 0.449 e. The first kappa shape index (κ1) is 23.3. The van der Waals surface area contributed by atoms with E-state index in [1.165, 1.54) is 11.2 Å². The van der Waals surface area contributed by atoms with Crippen molar-refractivity contribution in [2.24, 2.45) is 0 Å². The molecule has 0 saturated carbocycles. The summed E-state index contributed by atoms with van der Waals surface area (Å²) < 4.78 is 51.8. The molecule has 2 aromatic carbocycles. The molecule has 1 saturated heterocycles. The first-order valence-corrected chi connectivity index (χ1v) is 12.2. The van der Waals surface area contributed by atoms with E-state index in [0.29, 0.717) is 6.54 Å². The Bertz CT molecular complexity index is 1160. The number of amides is 1. The van der Waals surface area contributed by atoms with Gasteiger partial charge in [-0.25, -0.2) is 17.6 Å². The highest BCUT2D eigenvalue weighted by atomic mass is 32.2. The first-order chi connectivity index (χ1) is 15.8. The van der Waals surface area contributed by atoms with E-state index in [1.807, 2.05) is 24.3 Å². The Labute approximate surface area is 191 Å². The Morgan fingerprint density at radius 1 is 1.09 bits per heavy atom. The smallest absolute Gasteiger partial charge is 0.341 e. The number of carbonyl (C=O) groups excluding carboxylic acids is 2. The van der Waals surface area contributed by atoms with Crippen molar-refractivity contribution in [3.05, 3.63) is 59.4 Å². The van der Waals surface area contributed by atoms with Crippen LogP contribution in [0.3, 0.4) is 0 Å². The second-order valence-electron chi connectivity index (χ2n) is 7.93. The van der Waals surface area contributed by atoms with Crippen LogP contribution in [0.25, 0.3) is 0 Å². The van der Waals surface area contributed by atoms with E-state index in [2.05, 4.69) is 0 Å². The third-order valence-corrected chi connectivity index (χ3v) is 7.67. The van der Waals surface area contributed by atoms with Crippen LogP contribution in [0.4, 0.5) is 10.1 Å². The van der Waals surface area contributed by atoms with Gasteiger partial charge in [-0.2, -0.15) is 4.31 Å². The number of ether oxygens (including phenoxy) is 2. The molecule has 2 heterocycles. The number of benzene rings is 2. The molecule has 176 valence electrons. The first-order valence-electron chi connectivity index (χ1n) is 10.8. The van der Waals surface area contributed by atoms with Gasteiger partial charge in [0.1, 0.15) is 5.82 Å². The van der Waals surface area contributed by atoms with Crippen LogP contribution in [0.15, 0.2) is 47.4 Å². The molecule has 2 aliphatic rings. The summed E-state index contributed by atoms with van der Waals surface area (Å²) in [7, 11) is -3.93. The third kappa shape index (κ3) is 4.78. The number of hydrogen-bond acceptors (Lipinski definition) is 6. The maximum Gasteiger partial charge on any atom is 0.341 e. The van der Waals surface area contributed by atoms with Crippen LogP contribution in [0.5, 0.6) is 0 Å². The Balaban J connectivity index is 1.52. The number of morpholine rings is 1. The van der Waals surface area contributed by atoms with Gasteiger partial charge in [-0.3, -0.25) is 4.79 Å². The summed E-state index contributed by atoms with van der Waals surface area (Å²) in [6.45, 7) is 2.76. The van der Waals surface area contributed by atoms with Gasteiger partial charge < -0.3 is 14.4 Å². The fourth-order valence-electron chi connectivity index (χ4n) is 4.01. The Hall–Kier alpha value is -2.82. The van der Waals surface area contributed by atoms with Crippen LogP contribution in [-0.2, 0) is 30.7 Å². The number of fused-ring (bicyclic) bond motifs is 1. The predicted octanol–water partition coefficient (Wildman–Crippen LogP) is 2.37. The molecular weight excluding hydrogens is 451 g/mol. The van der Waals surface area contributed by atoms with Gasteiger partial charge in [0.05, 0.1) is 23.7 Å². The number of hydrogen-bond donors (Lipinski definition) is 0. The van der Waals surface area contributed by atoms with Crippen molar-refractivity contribution in [3.63, 3.8) is 0 Å². The molecule has 0 aromatic heterocycles. The van der Waals surface area contributed by atoms with Gasteiger partial charge in [0.25, 0.3) is 5.91 Å². The molecule has 2 aromatic rings. The molecule has 0 spiro atoms. The highest BCUT2D eigenvalue weighted by Gasteiger charge is 2.31. The highest BCUT2D eigenvalue weighted by molar-refractivity contribution is 7.89. The molecule has 2 aliphatic heterocycles. The van der Waals surface area contributed by atoms with Crippen LogP contribution in [0, 0.1) is 5.82 Å². The van der Waals surface area contributed by atoms with E-state index in [1.54, 1.807) is 4.90 Å². The normalized spacial score (nSPS) is 17.8. The molecule has 0 radical (unpaired) electrons. The summed E-state index contributed by atoms with van der Waals surface area (Å²) in [6, 6.07) is 10.5. The number of nitrogens with zero attached hydrogens (tertiary/aromatic N) is 2. The maximum atomic E-state index is 14.4. The molecule has 1 fully saturated rings. The molecule has 0 bridgehead atoms. The van der Waals surface area contributed by atoms with Crippen LogP contribution in [0.2, 0.25) is 0 Å². The third-order valence-electron chi connectivity index (χ3n) is 5.77. The summed E-state index contributed by atoms with van der Waals surface area (Å²) in [5, 5.41) is 0. The predicted molar refractivity (Wildman–Crippen MR) is 118 cm³/mol. The topological polar surface area (TPSA) is 93.2 Å². The molecular formula is C23H25FN2O6S. The summed E-state index contributed by atoms with van der Waals surface area (Å²) >= 11 is 0. The fraction of sp³-hybridized carbons (Fsp3) is 0.391. The number of rotatable bonds is 5. The molecule has 10 heteroatoms. The minimum absolute atomic E-state index is 0.169. The molecule has 8 nitrogen and oxygen atoms in total. The van der Waals surface area contributed by atoms with Gasteiger partial charge in [0, 0.05) is 25.3 Å². The highest BCUT2D eigenvalue weighted by Crippen LogP contribution is 2.28. The van der Waals surface area contributed by atoms with E-state index in [0.717, 1.165) is 42.3 Å². The van der Waals surface area contributed by atoms with Crippen molar-refractivity contribution in [1.29, 1.82) is 0 Å². The lowest BCUT2D eigenvalue weighted by atomic mass is 10.0. The maximum absolute atomic E-state index is 14.4. The lowest BCUT2D eigenvalue weighted by Crippen LogP contribution is -2.43.